The van der Waals surface area contributed by atoms with Gasteiger partial charge in [-0.25, -0.2) is 0 Å². The summed E-state index contributed by atoms with van der Waals surface area (Å²) in [5.41, 5.74) is 0. The van der Waals surface area contributed by atoms with Gasteiger partial charge in [-0.05, 0) is 25.7 Å². The summed E-state index contributed by atoms with van der Waals surface area (Å²) in [6.45, 7) is 11.6. The fourth-order valence-electron chi connectivity index (χ4n) is 3.27. The molecule has 2 N–H and O–H groups in total. The average molecular weight is 373 g/mol. The van der Waals surface area contributed by atoms with Crippen molar-refractivity contribution >= 4 is 11.9 Å². The van der Waals surface area contributed by atoms with Crippen molar-refractivity contribution in [2.45, 2.75) is 91.6 Å². The van der Waals surface area contributed by atoms with E-state index in [1.807, 2.05) is 0 Å². The largest absolute Gasteiger partial charge is 0.462 e. The van der Waals surface area contributed by atoms with Crippen molar-refractivity contribution in [2.75, 3.05) is 0 Å². The van der Waals surface area contributed by atoms with E-state index < -0.39 is 12.2 Å². The van der Waals surface area contributed by atoms with Gasteiger partial charge < -0.3 is 19.7 Å². The van der Waals surface area contributed by atoms with Crippen LogP contribution in [0, 0.1) is 23.7 Å². The molecule has 0 saturated carbocycles. The van der Waals surface area contributed by atoms with E-state index in [1.54, 1.807) is 13.8 Å². The number of aliphatic hydroxyl groups excluding tert-OH is 2. The van der Waals surface area contributed by atoms with Gasteiger partial charge in [-0.15, -0.1) is 0 Å². The van der Waals surface area contributed by atoms with E-state index >= 15 is 0 Å². The summed E-state index contributed by atoms with van der Waals surface area (Å²) in [5, 5.41) is 18.6. The molecule has 2 fully saturated rings. The highest BCUT2D eigenvalue weighted by atomic mass is 16.6. The van der Waals surface area contributed by atoms with E-state index in [0.29, 0.717) is 24.7 Å². The van der Waals surface area contributed by atoms with E-state index in [-0.39, 0.29) is 36.0 Å². The first kappa shape index (κ1) is 22.9. The number of esters is 2. The highest BCUT2D eigenvalue weighted by Gasteiger charge is 2.40. The summed E-state index contributed by atoms with van der Waals surface area (Å²) in [6.07, 6.45) is 2.21. The van der Waals surface area contributed by atoms with Gasteiger partial charge in [0.05, 0.1) is 24.0 Å². The van der Waals surface area contributed by atoms with Crippen molar-refractivity contribution in [1.29, 1.82) is 0 Å². The van der Waals surface area contributed by atoms with Crippen LogP contribution in [0.2, 0.25) is 0 Å². The molecule has 6 nitrogen and oxygen atoms in total. The number of cyclic esters (lactones) is 2. The fourth-order valence-corrected chi connectivity index (χ4v) is 3.27. The highest BCUT2D eigenvalue weighted by molar-refractivity contribution is 5.75. The Bertz CT molecular complexity index is 419. The van der Waals surface area contributed by atoms with Crippen LogP contribution in [0.4, 0.5) is 0 Å². The lowest BCUT2D eigenvalue weighted by atomic mass is 9.93. The molecule has 0 amide bonds. The van der Waals surface area contributed by atoms with Crippen LogP contribution in [0.1, 0.15) is 67.2 Å². The van der Waals surface area contributed by atoms with Crippen LogP contribution in [-0.2, 0) is 19.1 Å². The molecular weight excluding hydrogens is 336 g/mol. The lowest BCUT2D eigenvalue weighted by Crippen LogP contribution is -2.21. The predicted molar refractivity (Wildman–Crippen MR) is 98.2 cm³/mol. The van der Waals surface area contributed by atoms with E-state index in [4.69, 9.17) is 9.47 Å². The number of carbonyl (C=O) groups excluding carboxylic acids is 2. The van der Waals surface area contributed by atoms with Gasteiger partial charge in [-0.3, -0.25) is 9.59 Å². The normalized spacial score (nSPS) is 32.8. The maximum absolute atomic E-state index is 11.3. The zero-order chi connectivity index (χ0) is 20.0. The number of carbonyl (C=O) groups is 2. The SMILES string of the molecule is CC[C@H](C)[C@@H]1C[C@@H]([C@@H](C)O)C(=O)O1.CC[C@H](C)[C@@H]1C[C@@H]([C@H](C)O)C(=O)O1. The molecule has 0 aromatic heterocycles. The lowest BCUT2D eigenvalue weighted by Gasteiger charge is -2.15. The smallest absolute Gasteiger partial charge is 0.311 e. The number of rotatable bonds is 6. The Balaban J connectivity index is 0.000000260. The molecule has 8 atom stereocenters. The molecule has 2 saturated heterocycles. The first-order chi connectivity index (χ1) is 12.1. The third-order valence-electron chi connectivity index (χ3n) is 5.83. The zero-order valence-electron chi connectivity index (χ0n) is 17.0. The number of hydrogen-bond acceptors (Lipinski definition) is 6. The number of ether oxygens (including phenoxy) is 2. The molecule has 0 radical (unpaired) electrons. The maximum Gasteiger partial charge on any atom is 0.311 e. The van der Waals surface area contributed by atoms with Crippen molar-refractivity contribution in [1.82, 2.24) is 0 Å². The van der Waals surface area contributed by atoms with E-state index in [0.717, 1.165) is 12.8 Å². The Hall–Kier alpha value is -1.14. The van der Waals surface area contributed by atoms with Crippen LogP contribution in [0.5, 0.6) is 0 Å². The summed E-state index contributed by atoms with van der Waals surface area (Å²) in [7, 11) is 0. The number of hydrogen-bond donors (Lipinski definition) is 2. The number of aliphatic hydroxyl groups is 2. The Morgan fingerprint density at radius 3 is 1.31 bits per heavy atom. The van der Waals surface area contributed by atoms with Gasteiger partial charge in [-0.1, -0.05) is 40.5 Å². The maximum atomic E-state index is 11.3. The van der Waals surface area contributed by atoms with Gasteiger partial charge in [0.1, 0.15) is 12.2 Å². The third kappa shape index (κ3) is 5.95. The molecule has 2 aliphatic heterocycles. The minimum Gasteiger partial charge on any atom is -0.462 e. The predicted octanol–water partition coefficient (Wildman–Crippen LogP) is 2.69. The summed E-state index contributed by atoms with van der Waals surface area (Å²) in [4.78, 5) is 22.5. The summed E-state index contributed by atoms with van der Waals surface area (Å²) < 4.78 is 10.4. The molecular formula is C20H36O6. The van der Waals surface area contributed by atoms with Gasteiger partial charge >= 0.3 is 11.9 Å². The van der Waals surface area contributed by atoms with Crippen LogP contribution in [0.3, 0.4) is 0 Å². The molecule has 2 aliphatic rings. The molecule has 152 valence electrons. The summed E-state index contributed by atoms with van der Waals surface area (Å²) >= 11 is 0. The second-order valence-electron chi connectivity index (χ2n) is 7.89. The van der Waals surface area contributed by atoms with Crippen molar-refractivity contribution in [3.8, 4) is 0 Å². The van der Waals surface area contributed by atoms with Crippen LogP contribution < -0.4 is 0 Å². The first-order valence-corrected chi connectivity index (χ1v) is 9.89. The second-order valence-corrected chi connectivity index (χ2v) is 7.89. The molecule has 26 heavy (non-hydrogen) atoms. The average Bonchev–Trinajstić information content (AvgIpc) is 3.17. The van der Waals surface area contributed by atoms with Crippen LogP contribution in [0.25, 0.3) is 0 Å². The molecule has 0 aromatic rings. The van der Waals surface area contributed by atoms with Gasteiger partial charge in [-0.2, -0.15) is 0 Å². The van der Waals surface area contributed by atoms with Crippen LogP contribution in [0.15, 0.2) is 0 Å². The molecule has 0 aromatic carbocycles. The molecule has 0 bridgehead atoms. The lowest BCUT2D eigenvalue weighted by molar-refractivity contribution is -0.148. The molecule has 0 unspecified atom stereocenters. The van der Waals surface area contributed by atoms with Crippen molar-refractivity contribution in [3.05, 3.63) is 0 Å². The molecule has 0 aliphatic carbocycles. The zero-order valence-corrected chi connectivity index (χ0v) is 17.0. The Morgan fingerprint density at radius 1 is 0.808 bits per heavy atom. The quantitative estimate of drug-likeness (QED) is 0.696. The van der Waals surface area contributed by atoms with Gasteiger partial charge in [0, 0.05) is 12.8 Å². The molecule has 2 rings (SSSR count). The minimum absolute atomic E-state index is 0.0112. The van der Waals surface area contributed by atoms with E-state index in [1.165, 1.54) is 0 Å². The summed E-state index contributed by atoms with van der Waals surface area (Å²) in [6, 6.07) is 0. The van der Waals surface area contributed by atoms with E-state index in [2.05, 4.69) is 27.7 Å². The van der Waals surface area contributed by atoms with Crippen molar-refractivity contribution < 1.29 is 29.3 Å². The monoisotopic (exact) mass is 372 g/mol. The topological polar surface area (TPSA) is 93.1 Å². The van der Waals surface area contributed by atoms with Gasteiger partial charge in [0.15, 0.2) is 0 Å². The first-order valence-electron chi connectivity index (χ1n) is 9.89. The Morgan fingerprint density at radius 2 is 1.12 bits per heavy atom. The van der Waals surface area contributed by atoms with E-state index in [9.17, 15) is 19.8 Å². The van der Waals surface area contributed by atoms with Crippen LogP contribution in [-0.4, -0.2) is 46.6 Å². The second kappa shape index (κ2) is 10.3. The highest BCUT2D eigenvalue weighted by Crippen LogP contribution is 2.30. The van der Waals surface area contributed by atoms with Crippen LogP contribution >= 0.6 is 0 Å². The summed E-state index contributed by atoms with van der Waals surface area (Å²) in [5.74, 6) is -0.293. The standard InChI is InChI=1S/2C10H18O3/c2*1-4-6(2)9-5-8(7(3)11)10(12)13-9/h2*6-9,11H,4-5H2,1-3H3/t6-,7+,8-,9-;6-,7-,8-,9-/m00/s1. The third-order valence-corrected chi connectivity index (χ3v) is 5.83. The molecule has 2 heterocycles. The van der Waals surface area contributed by atoms with Gasteiger partial charge in [0.2, 0.25) is 0 Å². The fraction of sp³-hybridized carbons (Fsp3) is 0.900. The minimum atomic E-state index is -0.582. The Kier molecular flexibility index (Phi) is 9.04. The molecule has 6 heteroatoms. The van der Waals surface area contributed by atoms with Crippen molar-refractivity contribution in [3.63, 3.8) is 0 Å². The van der Waals surface area contributed by atoms with Crippen molar-refractivity contribution in [2.24, 2.45) is 23.7 Å². The van der Waals surface area contributed by atoms with Gasteiger partial charge in [0.25, 0.3) is 0 Å². The molecule has 0 spiro atoms. The Labute approximate surface area is 157 Å².